The molecule has 0 aromatic heterocycles. The van der Waals surface area contributed by atoms with Crippen molar-refractivity contribution in [2.75, 3.05) is 21.3 Å². The Labute approximate surface area is 205 Å². The molecule has 8 nitrogen and oxygen atoms in total. The number of amides is 1. The molecule has 0 saturated carbocycles. The molecule has 0 heterocycles. The van der Waals surface area contributed by atoms with E-state index in [-0.39, 0.29) is 17.9 Å². The van der Waals surface area contributed by atoms with Crippen molar-refractivity contribution >= 4 is 34.0 Å². The minimum atomic E-state index is -0.601. The van der Waals surface area contributed by atoms with E-state index in [9.17, 15) is 9.59 Å². The van der Waals surface area contributed by atoms with Gasteiger partial charge in [0.05, 0.1) is 39.5 Å². The largest absolute Gasteiger partial charge is 0.493 e. The molecular formula is C25H23BrN2O6. The first-order valence-corrected chi connectivity index (χ1v) is 10.9. The lowest BCUT2D eigenvalue weighted by Crippen LogP contribution is -2.19. The maximum Gasteiger partial charge on any atom is 0.343 e. The zero-order valence-electron chi connectivity index (χ0n) is 18.8. The van der Waals surface area contributed by atoms with Gasteiger partial charge in [0, 0.05) is 4.47 Å². The van der Waals surface area contributed by atoms with Crippen LogP contribution < -0.4 is 24.4 Å². The number of nitrogens with one attached hydrogen (secondary N) is 1. The lowest BCUT2D eigenvalue weighted by atomic mass is 10.1. The summed E-state index contributed by atoms with van der Waals surface area (Å²) < 4.78 is 22.3. The minimum Gasteiger partial charge on any atom is -0.493 e. The third kappa shape index (κ3) is 6.58. The molecule has 0 unspecified atom stereocenters. The molecule has 0 bridgehead atoms. The molecule has 0 aliphatic rings. The fourth-order valence-corrected chi connectivity index (χ4v) is 3.29. The molecule has 0 atom stereocenters. The second kappa shape index (κ2) is 11.9. The van der Waals surface area contributed by atoms with Gasteiger partial charge >= 0.3 is 5.97 Å². The molecule has 3 aromatic carbocycles. The van der Waals surface area contributed by atoms with Crippen molar-refractivity contribution in [3.63, 3.8) is 0 Å². The average Bonchev–Trinajstić information content (AvgIpc) is 2.84. The Morgan fingerprint density at radius 2 is 1.62 bits per heavy atom. The fraction of sp³-hybridized carbons (Fsp3) is 0.160. The maximum atomic E-state index is 12.7. The summed E-state index contributed by atoms with van der Waals surface area (Å²) >= 11 is 3.36. The Bertz CT molecular complexity index is 1170. The Morgan fingerprint density at radius 1 is 0.941 bits per heavy atom. The summed E-state index contributed by atoms with van der Waals surface area (Å²) in [6.07, 6.45) is 1.67. The van der Waals surface area contributed by atoms with E-state index < -0.39 is 5.97 Å². The molecular weight excluding hydrogens is 504 g/mol. The van der Waals surface area contributed by atoms with E-state index in [2.05, 4.69) is 26.5 Å². The quantitative estimate of drug-likeness (QED) is 0.192. The number of hydrogen-bond acceptors (Lipinski definition) is 7. The molecule has 1 amide bonds. The molecule has 0 spiro atoms. The normalized spacial score (nSPS) is 10.6. The molecule has 1 N–H and O–H groups in total. The predicted octanol–water partition coefficient (Wildman–Crippen LogP) is 4.39. The molecule has 9 heteroatoms. The molecule has 3 rings (SSSR count). The van der Waals surface area contributed by atoms with Gasteiger partial charge in [0.25, 0.3) is 0 Å². The smallest absolute Gasteiger partial charge is 0.343 e. The molecule has 0 radical (unpaired) electrons. The lowest BCUT2D eigenvalue weighted by molar-refractivity contribution is -0.120. The first-order valence-electron chi connectivity index (χ1n) is 10.1. The van der Waals surface area contributed by atoms with Gasteiger partial charge in [-0.15, -0.1) is 0 Å². The van der Waals surface area contributed by atoms with Gasteiger partial charge in [0.2, 0.25) is 11.7 Å². The standard InChI is InChI=1S/C25H23BrN2O6/c1-31-21-13-18(14-22(32-2)24(21)33-3)25(30)34-20-6-4-5-17(11-20)15-27-28-23(29)12-16-7-9-19(26)10-8-16/h4-11,13-15H,12H2,1-3H3,(H,28,29). The zero-order valence-corrected chi connectivity index (χ0v) is 20.4. The Balaban J connectivity index is 1.64. The van der Waals surface area contributed by atoms with Crippen LogP contribution in [0.1, 0.15) is 21.5 Å². The second-order valence-electron chi connectivity index (χ2n) is 6.97. The summed E-state index contributed by atoms with van der Waals surface area (Å²) in [6.45, 7) is 0. The van der Waals surface area contributed by atoms with E-state index in [0.29, 0.717) is 28.6 Å². The highest BCUT2D eigenvalue weighted by molar-refractivity contribution is 9.10. The van der Waals surface area contributed by atoms with Gasteiger partial charge in [0.1, 0.15) is 5.75 Å². The third-order valence-electron chi connectivity index (χ3n) is 4.65. The number of carbonyl (C=O) groups excluding carboxylic acids is 2. The number of ether oxygens (including phenoxy) is 4. The first kappa shape index (κ1) is 24.8. The van der Waals surface area contributed by atoms with E-state index in [1.807, 2.05) is 24.3 Å². The molecule has 3 aromatic rings. The number of methoxy groups -OCH3 is 3. The van der Waals surface area contributed by atoms with Crippen LogP contribution in [0.25, 0.3) is 0 Å². The van der Waals surface area contributed by atoms with Crippen molar-refractivity contribution in [3.8, 4) is 23.0 Å². The van der Waals surface area contributed by atoms with Crippen LogP contribution in [0.3, 0.4) is 0 Å². The van der Waals surface area contributed by atoms with Gasteiger partial charge in [-0.05, 0) is 47.5 Å². The van der Waals surface area contributed by atoms with Gasteiger partial charge in [-0.25, -0.2) is 10.2 Å². The number of esters is 1. The Hall–Kier alpha value is -3.85. The van der Waals surface area contributed by atoms with Crippen LogP contribution in [0.4, 0.5) is 0 Å². The van der Waals surface area contributed by atoms with Crippen LogP contribution in [0.5, 0.6) is 23.0 Å². The molecule has 0 aliphatic heterocycles. The molecule has 34 heavy (non-hydrogen) atoms. The van der Waals surface area contributed by atoms with E-state index in [0.717, 1.165) is 10.0 Å². The summed E-state index contributed by atoms with van der Waals surface area (Å²) in [6, 6.07) is 17.2. The van der Waals surface area contributed by atoms with Crippen molar-refractivity contribution in [2.45, 2.75) is 6.42 Å². The molecule has 0 fully saturated rings. The summed E-state index contributed by atoms with van der Waals surface area (Å²) in [5.41, 5.74) is 4.23. The van der Waals surface area contributed by atoms with Crippen LogP contribution in [0.2, 0.25) is 0 Å². The fourth-order valence-electron chi connectivity index (χ4n) is 3.03. The maximum absolute atomic E-state index is 12.7. The summed E-state index contributed by atoms with van der Waals surface area (Å²) in [5, 5.41) is 3.98. The van der Waals surface area contributed by atoms with Gasteiger partial charge in [-0.2, -0.15) is 5.10 Å². The Kier molecular flexibility index (Phi) is 8.64. The number of rotatable bonds is 9. The monoisotopic (exact) mass is 526 g/mol. The van der Waals surface area contributed by atoms with Crippen molar-refractivity contribution in [1.82, 2.24) is 5.43 Å². The molecule has 0 saturated heterocycles. The number of hydrazone groups is 1. The van der Waals surface area contributed by atoms with Crippen molar-refractivity contribution in [3.05, 3.63) is 81.8 Å². The highest BCUT2D eigenvalue weighted by Crippen LogP contribution is 2.38. The number of carbonyl (C=O) groups is 2. The summed E-state index contributed by atoms with van der Waals surface area (Å²) in [7, 11) is 4.41. The molecule has 176 valence electrons. The number of hydrogen-bond donors (Lipinski definition) is 1. The third-order valence-corrected chi connectivity index (χ3v) is 5.18. The first-order chi connectivity index (χ1) is 16.4. The Morgan fingerprint density at radius 3 is 2.24 bits per heavy atom. The van der Waals surface area contributed by atoms with Crippen LogP contribution >= 0.6 is 15.9 Å². The molecule has 0 aliphatic carbocycles. The second-order valence-corrected chi connectivity index (χ2v) is 7.89. The number of halogens is 1. The topological polar surface area (TPSA) is 95.5 Å². The van der Waals surface area contributed by atoms with Gasteiger partial charge in [-0.3, -0.25) is 4.79 Å². The summed E-state index contributed by atoms with van der Waals surface area (Å²) in [4.78, 5) is 24.8. The predicted molar refractivity (Wildman–Crippen MR) is 131 cm³/mol. The number of nitrogens with zero attached hydrogens (tertiary/aromatic N) is 1. The van der Waals surface area contributed by atoms with Crippen LogP contribution in [0.15, 0.2) is 70.2 Å². The van der Waals surface area contributed by atoms with Crippen molar-refractivity contribution in [2.24, 2.45) is 5.10 Å². The van der Waals surface area contributed by atoms with E-state index in [1.54, 1.807) is 24.3 Å². The zero-order chi connectivity index (χ0) is 24.5. The average molecular weight is 527 g/mol. The number of benzene rings is 3. The van der Waals surface area contributed by atoms with Crippen molar-refractivity contribution in [1.29, 1.82) is 0 Å². The lowest BCUT2D eigenvalue weighted by Gasteiger charge is -2.13. The van der Waals surface area contributed by atoms with E-state index in [1.165, 1.54) is 39.7 Å². The highest BCUT2D eigenvalue weighted by Gasteiger charge is 2.18. The van der Waals surface area contributed by atoms with Gasteiger partial charge in [-0.1, -0.05) is 40.2 Å². The van der Waals surface area contributed by atoms with Crippen molar-refractivity contribution < 1.29 is 28.5 Å². The van der Waals surface area contributed by atoms with E-state index >= 15 is 0 Å². The van der Waals surface area contributed by atoms with Crippen LogP contribution in [0, 0.1) is 0 Å². The SMILES string of the molecule is COc1cc(C(=O)Oc2cccc(C=NNC(=O)Cc3ccc(Br)cc3)c2)cc(OC)c1OC. The van der Waals surface area contributed by atoms with E-state index in [4.69, 9.17) is 18.9 Å². The van der Waals surface area contributed by atoms with Crippen LogP contribution in [-0.2, 0) is 11.2 Å². The van der Waals surface area contributed by atoms with Gasteiger partial charge < -0.3 is 18.9 Å². The highest BCUT2D eigenvalue weighted by atomic mass is 79.9. The van der Waals surface area contributed by atoms with Crippen LogP contribution in [-0.4, -0.2) is 39.4 Å². The summed E-state index contributed by atoms with van der Waals surface area (Å²) in [5.74, 6) is 0.521. The minimum absolute atomic E-state index is 0.205. The van der Waals surface area contributed by atoms with Gasteiger partial charge in [0.15, 0.2) is 11.5 Å².